The number of hydrogen-bond acceptors (Lipinski definition) is 4. The molecule has 0 saturated carbocycles. The first-order valence-corrected chi connectivity index (χ1v) is 6.27. The molecule has 2 unspecified atom stereocenters. The Kier molecular flexibility index (Phi) is 6.28. The summed E-state index contributed by atoms with van der Waals surface area (Å²) in [6, 6.07) is 0. The lowest BCUT2D eigenvalue weighted by Crippen LogP contribution is -2.45. The van der Waals surface area contributed by atoms with E-state index in [1.807, 2.05) is 0 Å². The normalized spacial score (nSPS) is 24.9. The summed E-state index contributed by atoms with van der Waals surface area (Å²) in [5.41, 5.74) is 0. The Bertz CT molecular complexity index is 188. The van der Waals surface area contributed by atoms with Crippen LogP contribution in [0.25, 0.3) is 0 Å². The first-order valence-electron chi connectivity index (χ1n) is 6.27. The number of morpholine rings is 1. The zero-order valence-corrected chi connectivity index (χ0v) is 10.8. The van der Waals surface area contributed by atoms with Crippen molar-refractivity contribution in [3.8, 4) is 0 Å². The van der Waals surface area contributed by atoms with Gasteiger partial charge in [0, 0.05) is 26.2 Å². The molecule has 0 aliphatic carbocycles. The third-order valence-corrected chi connectivity index (χ3v) is 2.84. The number of rotatable bonds is 6. The predicted octanol–water partition coefficient (Wildman–Crippen LogP) is 0.314. The molecule has 0 bridgehead atoms. The van der Waals surface area contributed by atoms with Crippen molar-refractivity contribution in [2.75, 3.05) is 39.8 Å². The Morgan fingerprint density at radius 3 is 2.88 bits per heavy atom. The average Bonchev–Trinajstić information content (AvgIpc) is 2.16. The number of ether oxygens (including phenoxy) is 1. The van der Waals surface area contributed by atoms with Crippen LogP contribution in [-0.2, 0) is 4.74 Å². The minimum atomic E-state index is -0.235. The van der Waals surface area contributed by atoms with E-state index in [2.05, 4.69) is 31.1 Å². The minimum Gasteiger partial charge on any atom is -0.392 e. The molecule has 16 heavy (non-hydrogen) atoms. The number of likely N-dealkylation sites (N-methyl/N-ethyl adjacent to an activating group) is 1. The third kappa shape index (κ3) is 5.80. The highest BCUT2D eigenvalue weighted by atomic mass is 16.5. The number of nitrogens with one attached hydrogen (secondary N) is 1. The maximum Gasteiger partial charge on any atom is 0.0826 e. The molecular formula is C12H26N2O2. The van der Waals surface area contributed by atoms with Crippen LogP contribution in [0.3, 0.4) is 0 Å². The van der Waals surface area contributed by atoms with Crippen LogP contribution < -0.4 is 5.32 Å². The summed E-state index contributed by atoms with van der Waals surface area (Å²) in [6.07, 6.45) is 0.893. The van der Waals surface area contributed by atoms with Gasteiger partial charge in [0.1, 0.15) is 0 Å². The maximum atomic E-state index is 9.69. The smallest absolute Gasteiger partial charge is 0.0826 e. The van der Waals surface area contributed by atoms with Crippen molar-refractivity contribution in [3.05, 3.63) is 0 Å². The number of hydrogen-bond donors (Lipinski definition) is 2. The Balaban J connectivity index is 2.05. The van der Waals surface area contributed by atoms with Crippen molar-refractivity contribution in [1.29, 1.82) is 0 Å². The fraction of sp³-hybridized carbons (Fsp3) is 1.00. The van der Waals surface area contributed by atoms with Gasteiger partial charge in [-0.25, -0.2) is 0 Å². The molecule has 4 nitrogen and oxygen atoms in total. The van der Waals surface area contributed by atoms with E-state index in [9.17, 15) is 5.11 Å². The van der Waals surface area contributed by atoms with Gasteiger partial charge in [-0.2, -0.15) is 0 Å². The summed E-state index contributed by atoms with van der Waals surface area (Å²) in [5, 5.41) is 13.0. The number of aliphatic hydroxyl groups is 1. The average molecular weight is 230 g/mol. The Morgan fingerprint density at radius 2 is 2.25 bits per heavy atom. The van der Waals surface area contributed by atoms with Crippen LogP contribution in [0.15, 0.2) is 0 Å². The van der Waals surface area contributed by atoms with Crippen LogP contribution in [0, 0.1) is 5.92 Å². The van der Waals surface area contributed by atoms with E-state index in [1.165, 1.54) is 0 Å². The van der Waals surface area contributed by atoms with Crippen molar-refractivity contribution in [3.63, 3.8) is 0 Å². The van der Waals surface area contributed by atoms with Crippen LogP contribution in [0.4, 0.5) is 0 Å². The van der Waals surface area contributed by atoms with E-state index >= 15 is 0 Å². The summed E-state index contributed by atoms with van der Waals surface area (Å²) in [4.78, 5) is 2.28. The molecule has 1 aliphatic heterocycles. The first kappa shape index (κ1) is 13.9. The molecule has 2 N–H and O–H groups in total. The molecule has 0 aromatic carbocycles. The van der Waals surface area contributed by atoms with Crippen molar-refractivity contribution in [1.82, 2.24) is 10.2 Å². The summed E-state index contributed by atoms with van der Waals surface area (Å²) in [7, 11) is 2.11. The van der Waals surface area contributed by atoms with Crippen molar-refractivity contribution in [2.45, 2.75) is 32.5 Å². The molecular weight excluding hydrogens is 204 g/mol. The fourth-order valence-electron chi connectivity index (χ4n) is 2.03. The van der Waals surface area contributed by atoms with Crippen LogP contribution in [0.2, 0.25) is 0 Å². The Hall–Kier alpha value is -0.160. The van der Waals surface area contributed by atoms with E-state index in [0.717, 1.165) is 32.7 Å². The molecule has 4 heteroatoms. The van der Waals surface area contributed by atoms with Crippen LogP contribution in [-0.4, -0.2) is 62.0 Å². The summed E-state index contributed by atoms with van der Waals surface area (Å²) >= 11 is 0. The van der Waals surface area contributed by atoms with Gasteiger partial charge in [0.2, 0.25) is 0 Å². The van der Waals surface area contributed by atoms with E-state index in [4.69, 9.17) is 4.74 Å². The zero-order chi connectivity index (χ0) is 12.0. The largest absolute Gasteiger partial charge is 0.392 e. The monoisotopic (exact) mass is 230 g/mol. The van der Waals surface area contributed by atoms with Crippen LogP contribution in [0.1, 0.15) is 20.3 Å². The number of nitrogens with zero attached hydrogens (tertiary/aromatic N) is 1. The molecule has 0 amide bonds. The molecule has 96 valence electrons. The van der Waals surface area contributed by atoms with Crippen molar-refractivity contribution >= 4 is 0 Å². The first-order chi connectivity index (χ1) is 7.58. The second kappa shape index (κ2) is 7.22. The molecule has 1 fully saturated rings. The van der Waals surface area contributed by atoms with Gasteiger partial charge in [-0.1, -0.05) is 13.8 Å². The van der Waals surface area contributed by atoms with E-state index < -0.39 is 0 Å². The molecule has 2 atom stereocenters. The highest BCUT2D eigenvalue weighted by molar-refractivity contribution is 4.72. The summed E-state index contributed by atoms with van der Waals surface area (Å²) < 4.78 is 5.63. The van der Waals surface area contributed by atoms with Crippen molar-refractivity contribution in [2.24, 2.45) is 5.92 Å². The van der Waals surface area contributed by atoms with E-state index in [0.29, 0.717) is 12.5 Å². The Morgan fingerprint density at radius 1 is 1.50 bits per heavy atom. The number of aliphatic hydroxyl groups excluding tert-OH is 1. The quantitative estimate of drug-likeness (QED) is 0.689. The Labute approximate surface area is 99.0 Å². The SMILES string of the molecule is CC(C)CC(O)CNCC1CN(C)CCO1. The summed E-state index contributed by atoms with van der Waals surface area (Å²) in [5.74, 6) is 0.550. The van der Waals surface area contributed by atoms with Gasteiger partial charge in [0.15, 0.2) is 0 Å². The second-order valence-electron chi connectivity index (χ2n) is 5.20. The third-order valence-electron chi connectivity index (χ3n) is 2.84. The van der Waals surface area contributed by atoms with Gasteiger partial charge in [-0.05, 0) is 19.4 Å². The molecule has 0 aromatic rings. The lowest BCUT2D eigenvalue weighted by Gasteiger charge is -2.30. The second-order valence-corrected chi connectivity index (χ2v) is 5.20. The lowest BCUT2D eigenvalue weighted by molar-refractivity contribution is -0.0192. The van der Waals surface area contributed by atoms with Gasteiger partial charge in [-0.3, -0.25) is 0 Å². The molecule has 0 aromatic heterocycles. The highest BCUT2D eigenvalue weighted by Crippen LogP contribution is 2.04. The van der Waals surface area contributed by atoms with Gasteiger partial charge >= 0.3 is 0 Å². The van der Waals surface area contributed by atoms with Gasteiger partial charge in [-0.15, -0.1) is 0 Å². The molecule has 1 heterocycles. The molecule has 1 saturated heterocycles. The van der Waals surface area contributed by atoms with Gasteiger partial charge in [0.25, 0.3) is 0 Å². The predicted molar refractivity (Wildman–Crippen MR) is 65.6 cm³/mol. The molecule has 1 aliphatic rings. The van der Waals surface area contributed by atoms with Gasteiger partial charge < -0.3 is 20.1 Å². The minimum absolute atomic E-state index is 0.235. The van der Waals surface area contributed by atoms with Crippen LogP contribution >= 0.6 is 0 Å². The zero-order valence-electron chi connectivity index (χ0n) is 10.8. The molecule has 0 spiro atoms. The maximum absolute atomic E-state index is 9.69. The van der Waals surface area contributed by atoms with Crippen LogP contribution in [0.5, 0.6) is 0 Å². The molecule has 0 radical (unpaired) electrons. The molecule has 1 rings (SSSR count). The lowest BCUT2D eigenvalue weighted by atomic mass is 10.1. The highest BCUT2D eigenvalue weighted by Gasteiger charge is 2.17. The van der Waals surface area contributed by atoms with Crippen molar-refractivity contribution < 1.29 is 9.84 Å². The standard InChI is InChI=1S/C12H26N2O2/c1-10(2)6-11(15)7-13-8-12-9-14(3)4-5-16-12/h10-13,15H,4-9H2,1-3H3. The van der Waals surface area contributed by atoms with Gasteiger partial charge in [0.05, 0.1) is 18.8 Å². The van der Waals surface area contributed by atoms with E-state index in [1.54, 1.807) is 0 Å². The van der Waals surface area contributed by atoms with E-state index in [-0.39, 0.29) is 12.2 Å². The fourth-order valence-corrected chi connectivity index (χ4v) is 2.03. The topological polar surface area (TPSA) is 44.7 Å². The summed E-state index contributed by atoms with van der Waals surface area (Å²) in [6.45, 7) is 8.57.